The van der Waals surface area contributed by atoms with E-state index < -0.39 is 0 Å². The quantitative estimate of drug-likeness (QED) is 0.848. The molecule has 0 spiro atoms. The molecule has 0 radical (unpaired) electrons. The number of hydrogen-bond donors (Lipinski definition) is 0. The monoisotopic (exact) mass is 306 g/mol. The lowest BCUT2D eigenvalue weighted by Gasteiger charge is -2.12. The number of rotatable bonds is 4. The fraction of sp³-hybridized carbons (Fsp3) is 0.200. The van der Waals surface area contributed by atoms with Crippen LogP contribution >= 0.6 is 15.9 Å². The minimum absolute atomic E-state index is 0.772. The highest BCUT2D eigenvalue weighted by atomic mass is 79.9. The van der Waals surface area contributed by atoms with Gasteiger partial charge in [-0.1, -0.05) is 40.2 Å². The van der Waals surface area contributed by atoms with Gasteiger partial charge in [0, 0.05) is 16.5 Å². The Morgan fingerprint density at radius 3 is 2.28 bits per heavy atom. The van der Waals surface area contributed by atoms with Crippen molar-refractivity contribution in [3.05, 3.63) is 58.1 Å². The molecule has 0 bridgehead atoms. The van der Waals surface area contributed by atoms with Crippen LogP contribution in [0.4, 0.5) is 0 Å². The van der Waals surface area contributed by atoms with Crippen LogP contribution in [-0.2, 0) is 6.42 Å². The Morgan fingerprint density at radius 1 is 0.889 bits per heavy atom. The molecule has 3 heteroatoms. The SMILES string of the molecule is COc1ccccc1Cc1c(Br)cccc1OC. The van der Waals surface area contributed by atoms with Gasteiger partial charge in [0.15, 0.2) is 0 Å². The van der Waals surface area contributed by atoms with Crippen LogP contribution in [0.5, 0.6) is 11.5 Å². The Bertz CT molecular complexity index is 538. The van der Waals surface area contributed by atoms with E-state index in [1.807, 2.05) is 36.4 Å². The number of methoxy groups -OCH3 is 2. The smallest absolute Gasteiger partial charge is 0.123 e. The predicted molar refractivity (Wildman–Crippen MR) is 76.5 cm³/mol. The van der Waals surface area contributed by atoms with Crippen molar-refractivity contribution in [3.8, 4) is 11.5 Å². The average Bonchev–Trinajstić information content (AvgIpc) is 2.41. The second-order valence-corrected chi connectivity index (χ2v) is 4.76. The minimum atomic E-state index is 0.772. The van der Waals surface area contributed by atoms with Gasteiger partial charge < -0.3 is 9.47 Å². The fourth-order valence-corrected chi connectivity index (χ4v) is 2.43. The van der Waals surface area contributed by atoms with Crippen LogP contribution < -0.4 is 9.47 Å². The zero-order chi connectivity index (χ0) is 13.0. The third-order valence-corrected chi connectivity index (χ3v) is 3.60. The largest absolute Gasteiger partial charge is 0.496 e. The summed E-state index contributed by atoms with van der Waals surface area (Å²) in [6.07, 6.45) is 0.772. The maximum atomic E-state index is 5.40. The normalized spacial score (nSPS) is 10.2. The molecule has 18 heavy (non-hydrogen) atoms. The minimum Gasteiger partial charge on any atom is -0.496 e. The molecule has 0 heterocycles. The topological polar surface area (TPSA) is 18.5 Å². The van der Waals surface area contributed by atoms with Crippen molar-refractivity contribution in [2.45, 2.75) is 6.42 Å². The first-order valence-corrected chi connectivity index (χ1v) is 6.49. The van der Waals surface area contributed by atoms with Gasteiger partial charge in [-0.2, -0.15) is 0 Å². The third kappa shape index (κ3) is 2.67. The zero-order valence-electron chi connectivity index (χ0n) is 10.4. The van der Waals surface area contributed by atoms with Gasteiger partial charge in [-0.05, 0) is 23.8 Å². The molecule has 94 valence electrons. The summed E-state index contributed by atoms with van der Waals surface area (Å²) in [5.41, 5.74) is 2.27. The molecule has 0 fully saturated rings. The molecule has 0 saturated carbocycles. The molecule has 0 aliphatic heterocycles. The number of benzene rings is 2. The molecule has 0 unspecified atom stereocenters. The van der Waals surface area contributed by atoms with E-state index >= 15 is 0 Å². The lowest BCUT2D eigenvalue weighted by molar-refractivity contribution is 0.405. The van der Waals surface area contributed by atoms with E-state index in [9.17, 15) is 0 Å². The second-order valence-electron chi connectivity index (χ2n) is 3.91. The van der Waals surface area contributed by atoms with Crippen LogP contribution in [0.15, 0.2) is 46.9 Å². The van der Waals surface area contributed by atoms with Gasteiger partial charge in [-0.25, -0.2) is 0 Å². The molecule has 2 nitrogen and oxygen atoms in total. The number of ether oxygens (including phenoxy) is 2. The molecular weight excluding hydrogens is 292 g/mol. The summed E-state index contributed by atoms with van der Waals surface area (Å²) in [6.45, 7) is 0. The van der Waals surface area contributed by atoms with Gasteiger partial charge in [-0.3, -0.25) is 0 Å². The molecule has 0 amide bonds. The molecule has 0 aliphatic rings. The summed E-state index contributed by atoms with van der Waals surface area (Å²) in [6, 6.07) is 14.0. The Morgan fingerprint density at radius 2 is 1.56 bits per heavy atom. The molecule has 2 aromatic rings. The van der Waals surface area contributed by atoms with Gasteiger partial charge in [0.05, 0.1) is 14.2 Å². The Kier molecular flexibility index (Phi) is 4.26. The third-order valence-electron chi connectivity index (χ3n) is 2.86. The van der Waals surface area contributed by atoms with Crippen LogP contribution in [0, 0.1) is 0 Å². The highest BCUT2D eigenvalue weighted by Crippen LogP contribution is 2.31. The van der Waals surface area contributed by atoms with Gasteiger partial charge >= 0.3 is 0 Å². The number of hydrogen-bond acceptors (Lipinski definition) is 2. The van der Waals surface area contributed by atoms with E-state index in [4.69, 9.17) is 9.47 Å². The van der Waals surface area contributed by atoms with Crippen LogP contribution in [0.1, 0.15) is 11.1 Å². The van der Waals surface area contributed by atoms with Crippen LogP contribution in [-0.4, -0.2) is 14.2 Å². The summed E-state index contributed by atoms with van der Waals surface area (Å²) in [7, 11) is 3.38. The van der Waals surface area contributed by atoms with Crippen molar-refractivity contribution in [2.75, 3.05) is 14.2 Å². The van der Waals surface area contributed by atoms with Gasteiger partial charge in [0.1, 0.15) is 11.5 Å². The molecular formula is C15H15BrO2. The summed E-state index contributed by atoms with van der Waals surface area (Å²) >= 11 is 3.57. The first-order chi connectivity index (χ1) is 8.76. The molecule has 0 atom stereocenters. The van der Waals surface area contributed by atoms with Gasteiger partial charge in [-0.15, -0.1) is 0 Å². The summed E-state index contributed by atoms with van der Waals surface area (Å²) in [5.74, 6) is 1.78. The van der Waals surface area contributed by atoms with Crippen molar-refractivity contribution >= 4 is 15.9 Å². The predicted octanol–water partition coefficient (Wildman–Crippen LogP) is 4.06. The number of para-hydroxylation sites is 1. The summed E-state index contributed by atoms with van der Waals surface area (Å²) in [4.78, 5) is 0. The van der Waals surface area contributed by atoms with Crippen LogP contribution in [0.3, 0.4) is 0 Å². The standard InChI is InChI=1S/C15H15BrO2/c1-17-14-8-4-3-6-11(14)10-12-13(16)7-5-9-15(12)18-2/h3-9H,10H2,1-2H3. The Labute approximate surface area is 116 Å². The van der Waals surface area contributed by atoms with E-state index in [-0.39, 0.29) is 0 Å². The summed E-state index contributed by atoms with van der Waals surface area (Å²) < 4.78 is 11.8. The molecule has 2 aromatic carbocycles. The Hall–Kier alpha value is -1.48. The van der Waals surface area contributed by atoms with E-state index in [0.717, 1.165) is 33.5 Å². The fourth-order valence-electron chi connectivity index (χ4n) is 1.94. The lowest BCUT2D eigenvalue weighted by atomic mass is 10.0. The first kappa shape index (κ1) is 13.0. The first-order valence-electron chi connectivity index (χ1n) is 5.69. The van der Waals surface area contributed by atoms with Gasteiger partial charge in [0.2, 0.25) is 0 Å². The molecule has 0 saturated heterocycles. The second kappa shape index (κ2) is 5.91. The van der Waals surface area contributed by atoms with Crippen LogP contribution in [0.25, 0.3) is 0 Å². The molecule has 2 rings (SSSR count). The summed E-state index contributed by atoms with van der Waals surface area (Å²) in [5, 5.41) is 0. The molecule has 0 aromatic heterocycles. The highest BCUT2D eigenvalue weighted by molar-refractivity contribution is 9.10. The number of halogens is 1. The highest BCUT2D eigenvalue weighted by Gasteiger charge is 2.10. The van der Waals surface area contributed by atoms with Crippen LogP contribution in [0.2, 0.25) is 0 Å². The van der Waals surface area contributed by atoms with E-state index in [2.05, 4.69) is 22.0 Å². The maximum Gasteiger partial charge on any atom is 0.123 e. The zero-order valence-corrected chi connectivity index (χ0v) is 12.0. The van der Waals surface area contributed by atoms with E-state index in [1.165, 1.54) is 0 Å². The van der Waals surface area contributed by atoms with Crippen molar-refractivity contribution in [1.29, 1.82) is 0 Å². The van der Waals surface area contributed by atoms with Crippen molar-refractivity contribution in [3.63, 3.8) is 0 Å². The van der Waals surface area contributed by atoms with Crippen molar-refractivity contribution in [1.82, 2.24) is 0 Å². The van der Waals surface area contributed by atoms with E-state index in [1.54, 1.807) is 14.2 Å². The average molecular weight is 307 g/mol. The van der Waals surface area contributed by atoms with Crippen molar-refractivity contribution < 1.29 is 9.47 Å². The maximum absolute atomic E-state index is 5.40. The lowest BCUT2D eigenvalue weighted by Crippen LogP contribution is -1.97. The van der Waals surface area contributed by atoms with Crippen molar-refractivity contribution in [2.24, 2.45) is 0 Å². The molecule has 0 aliphatic carbocycles. The van der Waals surface area contributed by atoms with E-state index in [0.29, 0.717) is 0 Å². The van der Waals surface area contributed by atoms with Gasteiger partial charge in [0.25, 0.3) is 0 Å². The molecule has 0 N–H and O–H groups in total. The Balaban J connectivity index is 2.39.